The minimum atomic E-state index is -3.41. The van der Waals surface area contributed by atoms with Crippen molar-refractivity contribution < 1.29 is 17.9 Å². The second kappa shape index (κ2) is 7.67. The van der Waals surface area contributed by atoms with Crippen LogP contribution in [0.15, 0.2) is 35.3 Å². The molecule has 0 saturated heterocycles. The lowest BCUT2D eigenvalue weighted by atomic mass is 10.1. The van der Waals surface area contributed by atoms with Gasteiger partial charge in [0.15, 0.2) is 17.1 Å². The van der Waals surface area contributed by atoms with E-state index < -0.39 is 21.6 Å². The summed E-state index contributed by atoms with van der Waals surface area (Å²) in [6, 6.07) is 6.18. The molecule has 0 amide bonds. The molecule has 150 valence electrons. The number of rotatable bonds is 7. The topological polar surface area (TPSA) is 103 Å². The molecule has 2 aromatic heterocycles. The van der Waals surface area contributed by atoms with Gasteiger partial charge in [0.05, 0.1) is 31.0 Å². The van der Waals surface area contributed by atoms with E-state index >= 15 is 0 Å². The highest BCUT2D eigenvalue weighted by Crippen LogP contribution is 2.32. The van der Waals surface area contributed by atoms with E-state index in [0.717, 1.165) is 11.8 Å². The lowest BCUT2D eigenvalue weighted by Crippen LogP contribution is -2.28. The fourth-order valence-electron chi connectivity index (χ4n) is 3.18. The molecule has 9 heteroatoms. The van der Waals surface area contributed by atoms with E-state index in [0.29, 0.717) is 34.8 Å². The number of hydrogen-bond donors (Lipinski definition) is 1. The van der Waals surface area contributed by atoms with Gasteiger partial charge in [-0.05, 0) is 43.2 Å². The first-order valence-electron chi connectivity index (χ1n) is 8.78. The van der Waals surface area contributed by atoms with Crippen LogP contribution in [0.3, 0.4) is 0 Å². The third-order valence-electron chi connectivity index (χ3n) is 4.34. The Morgan fingerprint density at radius 2 is 2.00 bits per heavy atom. The van der Waals surface area contributed by atoms with E-state index in [-0.39, 0.29) is 5.75 Å². The number of ether oxygens (including phenoxy) is 2. The van der Waals surface area contributed by atoms with Gasteiger partial charge >= 0.3 is 5.69 Å². The first-order valence-corrected chi connectivity index (χ1v) is 10.8. The van der Waals surface area contributed by atoms with Crippen molar-refractivity contribution in [3.8, 4) is 11.5 Å². The van der Waals surface area contributed by atoms with Gasteiger partial charge in [0.1, 0.15) is 9.84 Å². The zero-order valence-corrected chi connectivity index (χ0v) is 17.0. The summed E-state index contributed by atoms with van der Waals surface area (Å²) < 4.78 is 36.6. The molecule has 8 nitrogen and oxygen atoms in total. The van der Waals surface area contributed by atoms with Gasteiger partial charge in [0.2, 0.25) is 0 Å². The maximum Gasteiger partial charge on any atom is 0.328 e. The SMILES string of the molecule is CCOc1cc(C(CS(C)(=O)=O)n2c(=O)[nH]c3cc(C)cnc32)ccc1OC. The van der Waals surface area contributed by atoms with Gasteiger partial charge in [-0.15, -0.1) is 0 Å². The van der Waals surface area contributed by atoms with E-state index in [9.17, 15) is 13.2 Å². The number of sulfone groups is 1. The number of methoxy groups -OCH3 is 1. The summed E-state index contributed by atoms with van der Waals surface area (Å²) >= 11 is 0. The number of pyridine rings is 1. The normalized spacial score (nSPS) is 12.9. The van der Waals surface area contributed by atoms with Crippen LogP contribution >= 0.6 is 0 Å². The number of imidazole rings is 1. The molecule has 3 rings (SSSR count). The molecule has 1 atom stereocenters. The Bertz CT molecular complexity index is 1160. The van der Waals surface area contributed by atoms with Gasteiger partial charge in [0.25, 0.3) is 0 Å². The number of nitrogens with zero attached hydrogens (tertiary/aromatic N) is 2. The molecule has 1 unspecified atom stereocenters. The Labute approximate surface area is 163 Å². The van der Waals surface area contributed by atoms with Crippen LogP contribution in [0.25, 0.3) is 11.2 Å². The first-order chi connectivity index (χ1) is 13.2. The van der Waals surface area contributed by atoms with Crippen LogP contribution < -0.4 is 15.2 Å². The predicted molar refractivity (Wildman–Crippen MR) is 107 cm³/mol. The van der Waals surface area contributed by atoms with Crippen LogP contribution in [0.1, 0.15) is 24.1 Å². The van der Waals surface area contributed by atoms with Crippen LogP contribution in [-0.2, 0) is 9.84 Å². The molecular weight excluding hydrogens is 382 g/mol. The van der Waals surface area contributed by atoms with Gasteiger partial charge in [-0.25, -0.2) is 18.2 Å². The smallest absolute Gasteiger partial charge is 0.328 e. The van der Waals surface area contributed by atoms with Gasteiger partial charge < -0.3 is 14.5 Å². The van der Waals surface area contributed by atoms with Gasteiger partial charge in [0, 0.05) is 12.5 Å². The van der Waals surface area contributed by atoms with Crippen molar-refractivity contribution in [3.05, 3.63) is 52.1 Å². The standard InChI is InChI=1S/C19H23N3O5S/c1-5-27-17-9-13(6-7-16(17)26-3)15(11-28(4,24)25)22-18-14(21-19(22)23)8-12(2)10-20-18/h6-10,15H,5,11H2,1-4H3,(H,21,23). The number of H-pyrrole nitrogens is 1. The first kappa shape index (κ1) is 19.9. The predicted octanol–water partition coefficient (Wildman–Crippen LogP) is 2.07. The number of fused-ring (bicyclic) bond motifs is 1. The van der Waals surface area contributed by atoms with Gasteiger partial charge in [-0.3, -0.25) is 4.57 Å². The quantitative estimate of drug-likeness (QED) is 0.645. The number of benzene rings is 1. The van der Waals surface area contributed by atoms with Crippen LogP contribution in [0, 0.1) is 6.92 Å². The number of aromatic nitrogens is 3. The molecule has 0 radical (unpaired) electrons. The van der Waals surface area contributed by atoms with E-state index in [1.54, 1.807) is 30.5 Å². The fraction of sp³-hybridized carbons (Fsp3) is 0.368. The van der Waals surface area contributed by atoms with Crippen molar-refractivity contribution in [1.82, 2.24) is 14.5 Å². The maximum absolute atomic E-state index is 12.7. The Kier molecular flexibility index (Phi) is 5.46. The lowest BCUT2D eigenvalue weighted by Gasteiger charge is -2.20. The monoisotopic (exact) mass is 405 g/mol. The summed E-state index contributed by atoms with van der Waals surface area (Å²) in [6.45, 7) is 4.13. The second-order valence-electron chi connectivity index (χ2n) is 6.64. The molecule has 0 spiro atoms. The van der Waals surface area contributed by atoms with Crippen molar-refractivity contribution >= 4 is 21.0 Å². The maximum atomic E-state index is 12.7. The third-order valence-corrected chi connectivity index (χ3v) is 5.26. The summed E-state index contributed by atoms with van der Waals surface area (Å²) in [5.74, 6) is 0.759. The molecule has 0 aliphatic carbocycles. The Balaban J connectivity index is 2.23. The average molecular weight is 405 g/mol. The van der Waals surface area contributed by atoms with Crippen molar-refractivity contribution in [1.29, 1.82) is 0 Å². The zero-order chi connectivity index (χ0) is 20.5. The summed E-state index contributed by atoms with van der Waals surface area (Å²) in [6.07, 6.45) is 2.79. The number of aryl methyl sites for hydroxylation is 1. The molecule has 2 heterocycles. The van der Waals surface area contributed by atoms with E-state index in [1.807, 2.05) is 13.8 Å². The summed E-state index contributed by atoms with van der Waals surface area (Å²) in [7, 11) is -1.88. The number of hydrogen-bond acceptors (Lipinski definition) is 6. The molecule has 3 aromatic rings. The Morgan fingerprint density at radius 3 is 2.64 bits per heavy atom. The molecule has 0 aliphatic heterocycles. The molecule has 0 fully saturated rings. The highest BCUT2D eigenvalue weighted by molar-refractivity contribution is 7.90. The lowest BCUT2D eigenvalue weighted by molar-refractivity contribution is 0.310. The van der Waals surface area contributed by atoms with E-state index in [4.69, 9.17) is 9.47 Å². The highest BCUT2D eigenvalue weighted by atomic mass is 32.2. The van der Waals surface area contributed by atoms with Crippen molar-refractivity contribution in [2.45, 2.75) is 19.9 Å². The van der Waals surface area contributed by atoms with Crippen molar-refractivity contribution in [2.75, 3.05) is 25.7 Å². The highest BCUT2D eigenvalue weighted by Gasteiger charge is 2.25. The van der Waals surface area contributed by atoms with E-state index in [1.165, 1.54) is 11.7 Å². The summed E-state index contributed by atoms with van der Waals surface area (Å²) in [5, 5.41) is 0. The second-order valence-corrected chi connectivity index (χ2v) is 8.82. The van der Waals surface area contributed by atoms with Crippen LogP contribution in [-0.4, -0.2) is 48.7 Å². The molecule has 28 heavy (non-hydrogen) atoms. The van der Waals surface area contributed by atoms with Gasteiger partial charge in [-0.1, -0.05) is 6.07 Å². The van der Waals surface area contributed by atoms with Crippen molar-refractivity contribution in [2.24, 2.45) is 0 Å². The fourth-order valence-corrected chi connectivity index (χ4v) is 4.10. The summed E-state index contributed by atoms with van der Waals surface area (Å²) in [5.41, 5.74) is 2.04. The van der Waals surface area contributed by atoms with Crippen LogP contribution in [0.4, 0.5) is 0 Å². The molecule has 1 N–H and O–H groups in total. The number of nitrogens with one attached hydrogen (secondary N) is 1. The van der Waals surface area contributed by atoms with Gasteiger partial charge in [-0.2, -0.15) is 0 Å². The molecular formula is C19H23N3O5S. The molecule has 0 saturated carbocycles. The van der Waals surface area contributed by atoms with Crippen LogP contribution in [0.2, 0.25) is 0 Å². The molecule has 0 aliphatic rings. The minimum Gasteiger partial charge on any atom is -0.493 e. The average Bonchev–Trinajstić information content (AvgIpc) is 2.94. The largest absolute Gasteiger partial charge is 0.493 e. The Morgan fingerprint density at radius 1 is 1.25 bits per heavy atom. The van der Waals surface area contributed by atoms with E-state index in [2.05, 4.69) is 9.97 Å². The third kappa shape index (κ3) is 4.04. The number of aromatic amines is 1. The molecule has 0 bridgehead atoms. The summed E-state index contributed by atoms with van der Waals surface area (Å²) in [4.78, 5) is 19.8. The molecule has 1 aromatic carbocycles. The van der Waals surface area contributed by atoms with Crippen LogP contribution in [0.5, 0.6) is 11.5 Å². The minimum absolute atomic E-state index is 0.257. The van der Waals surface area contributed by atoms with Crippen molar-refractivity contribution in [3.63, 3.8) is 0 Å². The zero-order valence-electron chi connectivity index (χ0n) is 16.2. The Hall–Kier alpha value is -2.81.